The van der Waals surface area contributed by atoms with Gasteiger partial charge in [-0.15, -0.1) is 0 Å². The van der Waals surface area contributed by atoms with Gasteiger partial charge in [0, 0.05) is 10.7 Å². The van der Waals surface area contributed by atoms with Crippen molar-refractivity contribution >= 4 is 19.7 Å². The Bertz CT molecular complexity index is 535. The van der Waals surface area contributed by atoms with Gasteiger partial charge in [0.1, 0.15) is 11.4 Å². The summed E-state index contributed by atoms with van der Waals surface area (Å²) in [6.07, 6.45) is 1.92. The molecule has 0 aliphatic carbocycles. The molecule has 1 aliphatic rings. The topological polar surface area (TPSA) is 43.4 Å². The van der Waals surface area contributed by atoms with Crippen LogP contribution in [-0.4, -0.2) is 14.0 Å². The largest absolute Gasteiger partial charge is 0.488 e. The first kappa shape index (κ1) is 12.7. The highest BCUT2D eigenvalue weighted by molar-refractivity contribution is 8.13. The fraction of sp³-hybridized carbons (Fsp3) is 0.500. The molecule has 1 aromatic rings. The van der Waals surface area contributed by atoms with Crippen molar-refractivity contribution in [3.05, 3.63) is 29.3 Å². The Morgan fingerprint density at radius 3 is 2.76 bits per heavy atom. The minimum atomic E-state index is -3.52. The number of halogens is 1. The molecule has 0 unspecified atom stereocenters. The van der Waals surface area contributed by atoms with Crippen LogP contribution in [0.25, 0.3) is 0 Å². The second-order valence-electron chi connectivity index (χ2n) is 4.99. The zero-order valence-electron chi connectivity index (χ0n) is 9.86. The second-order valence-corrected chi connectivity index (χ2v) is 7.76. The summed E-state index contributed by atoms with van der Waals surface area (Å²) in [5.74, 6) is 0.616. The molecule has 2 rings (SSSR count). The van der Waals surface area contributed by atoms with Gasteiger partial charge in [-0.05, 0) is 43.9 Å². The van der Waals surface area contributed by atoms with Gasteiger partial charge < -0.3 is 4.74 Å². The van der Waals surface area contributed by atoms with Gasteiger partial charge in [-0.2, -0.15) is 0 Å². The van der Waals surface area contributed by atoms with E-state index in [9.17, 15) is 8.42 Å². The Morgan fingerprint density at radius 1 is 1.41 bits per heavy atom. The third kappa shape index (κ3) is 3.36. The number of aryl methyl sites for hydroxylation is 1. The standard InChI is InChI=1S/C12H15ClO3S/c1-12(2)6-5-10-4-3-9(7-11(10)16-12)8-17(13,14)15/h3-4,7H,5-6,8H2,1-2H3. The van der Waals surface area contributed by atoms with Crippen LogP contribution in [0.1, 0.15) is 31.4 Å². The summed E-state index contributed by atoms with van der Waals surface area (Å²) in [4.78, 5) is 0. The Labute approximate surface area is 106 Å². The van der Waals surface area contributed by atoms with Crippen molar-refractivity contribution in [1.29, 1.82) is 0 Å². The fourth-order valence-corrected chi connectivity index (χ4v) is 2.93. The Morgan fingerprint density at radius 2 is 2.12 bits per heavy atom. The van der Waals surface area contributed by atoms with Crippen molar-refractivity contribution in [2.24, 2.45) is 0 Å². The first-order valence-electron chi connectivity index (χ1n) is 5.48. The normalized spacial score (nSPS) is 18.3. The lowest BCUT2D eigenvalue weighted by Crippen LogP contribution is -2.32. The van der Waals surface area contributed by atoms with E-state index in [1.807, 2.05) is 19.9 Å². The van der Waals surface area contributed by atoms with Gasteiger partial charge in [0.15, 0.2) is 0 Å². The van der Waals surface area contributed by atoms with E-state index in [0.717, 1.165) is 24.2 Å². The van der Waals surface area contributed by atoms with Crippen LogP contribution < -0.4 is 4.74 Å². The van der Waals surface area contributed by atoms with Crippen LogP contribution in [0.5, 0.6) is 5.75 Å². The number of fused-ring (bicyclic) bond motifs is 1. The first-order valence-corrected chi connectivity index (χ1v) is 7.96. The molecular formula is C12H15ClO3S. The predicted octanol–water partition coefficient (Wildman–Crippen LogP) is 2.86. The van der Waals surface area contributed by atoms with E-state index in [1.165, 1.54) is 0 Å². The monoisotopic (exact) mass is 274 g/mol. The molecule has 0 atom stereocenters. The highest BCUT2D eigenvalue weighted by atomic mass is 35.7. The second kappa shape index (κ2) is 4.18. The smallest absolute Gasteiger partial charge is 0.236 e. The molecule has 5 heteroatoms. The van der Waals surface area contributed by atoms with Gasteiger partial charge in [-0.25, -0.2) is 8.42 Å². The van der Waals surface area contributed by atoms with Crippen LogP contribution >= 0.6 is 10.7 Å². The fourth-order valence-electron chi connectivity index (χ4n) is 1.97. The summed E-state index contributed by atoms with van der Waals surface area (Å²) in [5.41, 5.74) is 1.60. The summed E-state index contributed by atoms with van der Waals surface area (Å²) in [7, 11) is 1.72. The van der Waals surface area contributed by atoms with Gasteiger partial charge in [0.25, 0.3) is 0 Å². The van der Waals surface area contributed by atoms with Crippen molar-refractivity contribution in [3.8, 4) is 5.75 Å². The maximum Gasteiger partial charge on any atom is 0.236 e. The molecule has 0 saturated carbocycles. The number of hydrogen-bond donors (Lipinski definition) is 0. The Kier molecular flexibility index (Phi) is 3.12. The summed E-state index contributed by atoms with van der Waals surface area (Å²) in [5, 5.41) is 0. The lowest BCUT2D eigenvalue weighted by Gasteiger charge is -2.32. The highest BCUT2D eigenvalue weighted by Crippen LogP contribution is 2.34. The molecule has 1 aliphatic heterocycles. The maximum absolute atomic E-state index is 11.0. The van der Waals surface area contributed by atoms with Crippen LogP contribution in [-0.2, 0) is 21.2 Å². The number of ether oxygens (including phenoxy) is 1. The molecule has 0 N–H and O–H groups in total. The van der Waals surface area contributed by atoms with Crippen LogP contribution in [0.4, 0.5) is 0 Å². The van der Waals surface area contributed by atoms with Crippen LogP contribution in [0.15, 0.2) is 18.2 Å². The molecule has 0 radical (unpaired) electrons. The zero-order valence-corrected chi connectivity index (χ0v) is 11.4. The average Bonchev–Trinajstić information content (AvgIpc) is 2.12. The molecule has 0 bridgehead atoms. The molecule has 0 saturated heterocycles. The summed E-state index contributed by atoms with van der Waals surface area (Å²) >= 11 is 0. The number of benzene rings is 1. The first-order chi connectivity index (χ1) is 7.75. The number of rotatable bonds is 2. The van der Waals surface area contributed by atoms with E-state index in [0.29, 0.717) is 5.56 Å². The quantitative estimate of drug-likeness (QED) is 0.779. The van der Waals surface area contributed by atoms with Crippen molar-refractivity contribution in [2.45, 2.75) is 38.0 Å². The van der Waals surface area contributed by atoms with Crippen LogP contribution in [0.2, 0.25) is 0 Å². The van der Waals surface area contributed by atoms with Crippen molar-refractivity contribution < 1.29 is 13.2 Å². The molecule has 0 spiro atoms. The Hall–Kier alpha value is -0.740. The van der Waals surface area contributed by atoms with Gasteiger partial charge >= 0.3 is 0 Å². The van der Waals surface area contributed by atoms with Gasteiger partial charge in [-0.1, -0.05) is 12.1 Å². The molecule has 0 aromatic heterocycles. The molecular weight excluding hydrogens is 260 g/mol. The SMILES string of the molecule is CC1(C)CCc2ccc(CS(=O)(=O)Cl)cc2O1. The minimum Gasteiger partial charge on any atom is -0.488 e. The molecule has 94 valence electrons. The molecule has 1 heterocycles. The van der Waals surface area contributed by atoms with Gasteiger partial charge in [-0.3, -0.25) is 0 Å². The highest BCUT2D eigenvalue weighted by Gasteiger charge is 2.26. The molecule has 3 nitrogen and oxygen atoms in total. The van der Waals surface area contributed by atoms with Crippen LogP contribution in [0.3, 0.4) is 0 Å². The summed E-state index contributed by atoms with van der Waals surface area (Å²) in [6.45, 7) is 4.06. The lowest BCUT2D eigenvalue weighted by molar-refractivity contribution is 0.0846. The van der Waals surface area contributed by atoms with E-state index in [2.05, 4.69) is 0 Å². The number of hydrogen-bond acceptors (Lipinski definition) is 3. The van der Waals surface area contributed by atoms with E-state index in [-0.39, 0.29) is 11.4 Å². The average molecular weight is 275 g/mol. The minimum absolute atomic E-state index is 0.161. The van der Waals surface area contributed by atoms with Crippen molar-refractivity contribution in [3.63, 3.8) is 0 Å². The van der Waals surface area contributed by atoms with Gasteiger partial charge in [0.05, 0.1) is 5.75 Å². The van der Waals surface area contributed by atoms with E-state index < -0.39 is 9.05 Å². The predicted molar refractivity (Wildman–Crippen MR) is 67.9 cm³/mol. The lowest BCUT2D eigenvalue weighted by atomic mass is 9.94. The zero-order chi connectivity index (χ0) is 12.7. The third-order valence-electron chi connectivity index (χ3n) is 2.85. The van der Waals surface area contributed by atoms with Gasteiger partial charge in [0.2, 0.25) is 9.05 Å². The molecule has 0 amide bonds. The Balaban J connectivity index is 2.31. The van der Waals surface area contributed by atoms with Crippen molar-refractivity contribution in [2.75, 3.05) is 0 Å². The molecule has 17 heavy (non-hydrogen) atoms. The molecule has 0 fully saturated rings. The molecule has 1 aromatic carbocycles. The van der Waals surface area contributed by atoms with E-state index in [4.69, 9.17) is 15.4 Å². The van der Waals surface area contributed by atoms with E-state index >= 15 is 0 Å². The van der Waals surface area contributed by atoms with E-state index in [1.54, 1.807) is 12.1 Å². The third-order valence-corrected chi connectivity index (χ3v) is 3.86. The van der Waals surface area contributed by atoms with Crippen LogP contribution in [0, 0.1) is 0 Å². The maximum atomic E-state index is 11.0. The summed E-state index contributed by atoms with van der Waals surface area (Å²) in [6, 6.07) is 5.48. The van der Waals surface area contributed by atoms with Crippen molar-refractivity contribution in [1.82, 2.24) is 0 Å². The summed E-state index contributed by atoms with van der Waals surface area (Å²) < 4.78 is 27.9.